The Balaban J connectivity index is 1.65. The van der Waals surface area contributed by atoms with Gasteiger partial charge < -0.3 is 15.3 Å². The van der Waals surface area contributed by atoms with E-state index in [1.54, 1.807) is 24.3 Å². The van der Waals surface area contributed by atoms with E-state index in [2.05, 4.69) is 10.4 Å². The molecule has 0 spiro atoms. The highest BCUT2D eigenvalue weighted by molar-refractivity contribution is 5.81. The first-order valence-electron chi connectivity index (χ1n) is 10.1. The predicted octanol–water partition coefficient (Wildman–Crippen LogP) is 5.09. The van der Waals surface area contributed by atoms with Crippen molar-refractivity contribution >= 4 is 22.3 Å². The van der Waals surface area contributed by atoms with Crippen molar-refractivity contribution in [3.05, 3.63) is 84.3 Å². The van der Waals surface area contributed by atoms with Gasteiger partial charge in [-0.1, -0.05) is 6.07 Å². The molecule has 172 valence electrons. The molecule has 0 amide bonds. The van der Waals surface area contributed by atoms with E-state index in [1.807, 2.05) is 19.0 Å². The number of hydrogen-bond donors (Lipinski definition) is 2. The first-order chi connectivity index (χ1) is 15.6. The molecule has 3 aromatic carbocycles. The Morgan fingerprint density at radius 2 is 1.64 bits per heavy atom. The van der Waals surface area contributed by atoms with Crippen molar-refractivity contribution in [3.8, 4) is 5.69 Å². The van der Waals surface area contributed by atoms with Crippen LogP contribution >= 0.6 is 0 Å². The maximum Gasteiger partial charge on any atom is 0.423 e. The molecule has 4 aromatic rings. The molecule has 33 heavy (non-hydrogen) atoms. The van der Waals surface area contributed by atoms with E-state index in [-0.39, 0.29) is 5.56 Å². The standard InChI is InChI=1S/C24H22F4N4O/c1-31(2)20-10-6-19(7-11-20)29-15-23(33,24(26,27)28)17-3-12-22-16(13-17)14-30-32(22)21-8-4-18(25)5-9-21/h3-14,29,33H,15H2,1-2H3. The molecule has 0 saturated heterocycles. The lowest BCUT2D eigenvalue weighted by Gasteiger charge is -2.31. The van der Waals surface area contributed by atoms with Crippen LogP contribution in [0.2, 0.25) is 0 Å². The lowest BCUT2D eigenvalue weighted by atomic mass is 9.92. The SMILES string of the molecule is CN(C)c1ccc(NCC(O)(c2ccc3c(cnn3-c3ccc(F)cc3)c2)C(F)(F)F)cc1. The fraction of sp³-hybridized carbons (Fsp3) is 0.208. The number of fused-ring (bicyclic) bond motifs is 1. The van der Waals surface area contributed by atoms with Crippen molar-refractivity contribution in [3.63, 3.8) is 0 Å². The molecule has 1 aromatic heterocycles. The number of aromatic nitrogens is 2. The summed E-state index contributed by atoms with van der Waals surface area (Å²) in [6, 6.07) is 16.4. The fourth-order valence-electron chi connectivity index (χ4n) is 3.55. The quantitative estimate of drug-likeness (QED) is 0.395. The normalized spacial score (nSPS) is 13.7. The Kier molecular flexibility index (Phi) is 5.75. The number of alkyl halides is 3. The zero-order chi connectivity index (χ0) is 23.8. The lowest BCUT2D eigenvalue weighted by Crippen LogP contribution is -2.47. The summed E-state index contributed by atoms with van der Waals surface area (Å²) < 4.78 is 56.8. The number of benzene rings is 3. The Hall–Kier alpha value is -3.59. The number of nitrogens with zero attached hydrogens (tertiary/aromatic N) is 3. The highest BCUT2D eigenvalue weighted by Gasteiger charge is 2.55. The first-order valence-corrected chi connectivity index (χ1v) is 10.1. The summed E-state index contributed by atoms with van der Waals surface area (Å²) >= 11 is 0. The molecule has 0 bridgehead atoms. The molecule has 1 heterocycles. The van der Waals surface area contributed by atoms with E-state index in [9.17, 15) is 22.7 Å². The van der Waals surface area contributed by atoms with Crippen molar-refractivity contribution in [2.24, 2.45) is 0 Å². The van der Waals surface area contributed by atoms with Crippen LogP contribution in [-0.2, 0) is 5.60 Å². The van der Waals surface area contributed by atoms with Gasteiger partial charge in [-0.05, 0) is 66.2 Å². The largest absolute Gasteiger partial charge is 0.423 e. The van der Waals surface area contributed by atoms with Gasteiger partial charge in [0.25, 0.3) is 0 Å². The number of aliphatic hydroxyl groups is 1. The van der Waals surface area contributed by atoms with Gasteiger partial charge in [0, 0.05) is 30.9 Å². The molecule has 1 unspecified atom stereocenters. The lowest BCUT2D eigenvalue weighted by molar-refractivity contribution is -0.260. The summed E-state index contributed by atoms with van der Waals surface area (Å²) in [5.74, 6) is -0.406. The highest BCUT2D eigenvalue weighted by atomic mass is 19.4. The summed E-state index contributed by atoms with van der Waals surface area (Å²) in [4.78, 5) is 1.87. The number of hydrogen-bond acceptors (Lipinski definition) is 4. The molecule has 9 heteroatoms. The van der Waals surface area contributed by atoms with Crippen LogP contribution in [-0.4, -0.2) is 41.7 Å². The minimum absolute atomic E-state index is 0.307. The summed E-state index contributed by atoms with van der Waals surface area (Å²) in [6.07, 6.45) is -3.52. The third-order valence-electron chi connectivity index (χ3n) is 5.52. The molecule has 5 nitrogen and oxygen atoms in total. The van der Waals surface area contributed by atoms with Crippen LogP contribution in [0.3, 0.4) is 0 Å². The van der Waals surface area contributed by atoms with Crippen LogP contribution in [0, 0.1) is 5.82 Å². The molecule has 0 saturated carbocycles. The Bertz CT molecular complexity index is 1250. The first kappa shape index (κ1) is 22.6. The van der Waals surface area contributed by atoms with Crippen molar-refractivity contribution in [2.45, 2.75) is 11.8 Å². The Morgan fingerprint density at radius 3 is 2.24 bits per heavy atom. The second kappa shape index (κ2) is 8.40. The number of nitrogens with one attached hydrogen (secondary N) is 1. The van der Waals surface area contributed by atoms with Crippen molar-refractivity contribution < 1.29 is 22.7 Å². The summed E-state index contributed by atoms with van der Waals surface area (Å²) in [7, 11) is 3.72. The van der Waals surface area contributed by atoms with Gasteiger partial charge in [-0.15, -0.1) is 0 Å². The summed E-state index contributed by atoms with van der Waals surface area (Å²) in [5, 5.41) is 18.1. The Labute approximate surface area is 187 Å². The molecule has 2 N–H and O–H groups in total. The topological polar surface area (TPSA) is 53.3 Å². The zero-order valence-electron chi connectivity index (χ0n) is 17.9. The van der Waals surface area contributed by atoms with Crippen LogP contribution in [0.5, 0.6) is 0 Å². The van der Waals surface area contributed by atoms with E-state index < -0.39 is 24.1 Å². The van der Waals surface area contributed by atoms with Gasteiger partial charge in [-0.25, -0.2) is 9.07 Å². The minimum Gasteiger partial charge on any atom is -0.381 e. The van der Waals surface area contributed by atoms with Gasteiger partial charge >= 0.3 is 6.18 Å². The van der Waals surface area contributed by atoms with Crippen LogP contribution in [0.15, 0.2) is 72.9 Å². The smallest absolute Gasteiger partial charge is 0.381 e. The second-order valence-electron chi connectivity index (χ2n) is 7.96. The van der Waals surface area contributed by atoms with E-state index in [0.29, 0.717) is 22.3 Å². The average Bonchev–Trinajstić information content (AvgIpc) is 3.21. The molecule has 0 fully saturated rings. The van der Waals surface area contributed by atoms with Gasteiger partial charge in [0.15, 0.2) is 0 Å². The van der Waals surface area contributed by atoms with Gasteiger partial charge in [0.1, 0.15) is 5.82 Å². The maximum absolute atomic E-state index is 14.0. The van der Waals surface area contributed by atoms with Crippen molar-refractivity contribution in [1.29, 1.82) is 0 Å². The fourth-order valence-corrected chi connectivity index (χ4v) is 3.55. The third kappa shape index (κ3) is 4.36. The van der Waals surface area contributed by atoms with Gasteiger partial charge in [0.05, 0.1) is 23.9 Å². The zero-order valence-corrected chi connectivity index (χ0v) is 17.9. The molecule has 0 radical (unpaired) electrons. The molecular formula is C24H22F4N4O. The summed E-state index contributed by atoms with van der Waals surface area (Å²) in [6.45, 7) is -0.768. The molecule has 0 aliphatic heterocycles. The van der Waals surface area contributed by atoms with Crippen molar-refractivity contribution in [1.82, 2.24) is 9.78 Å². The summed E-state index contributed by atoms with van der Waals surface area (Å²) in [5.41, 5.74) is -0.989. The van der Waals surface area contributed by atoms with Crippen LogP contribution in [0.1, 0.15) is 5.56 Å². The van der Waals surface area contributed by atoms with Crippen LogP contribution in [0.4, 0.5) is 28.9 Å². The van der Waals surface area contributed by atoms with Crippen LogP contribution in [0.25, 0.3) is 16.6 Å². The van der Waals surface area contributed by atoms with Gasteiger partial charge in [-0.2, -0.15) is 18.3 Å². The van der Waals surface area contributed by atoms with E-state index in [4.69, 9.17) is 0 Å². The maximum atomic E-state index is 14.0. The monoisotopic (exact) mass is 458 g/mol. The second-order valence-corrected chi connectivity index (χ2v) is 7.96. The number of halogens is 4. The van der Waals surface area contributed by atoms with E-state index in [0.717, 1.165) is 5.69 Å². The number of rotatable bonds is 6. The molecule has 1 atom stereocenters. The average molecular weight is 458 g/mol. The van der Waals surface area contributed by atoms with Gasteiger partial charge in [-0.3, -0.25) is 0 Å². The van der Waals surface area contributed by atoms with Crippen LogP contribution < -0.4 is 10.2 Å². The highest BCUT2D eigenvalue weighted by Crippen LogP contribution is 2.40. The molecule has 0 aliphatic carbocycles. The molecule has 4 rings (SSSR count). The van der Waals surface area contributed by atoms with E-state index in [1.165, 1.54) is 53.3 Å². The minimum atomic E-state index is -4.93. The Morgan fingerprint density at radius 1 is 0.970 bits per heavy atom. The van der Waals surface area contributed by atoms with Gasteiger partial charge in [0.2, 0.25) is 5.60 Å². The number of anilines is 2. The molecule has 0 aliphatic rings. The predicted molar refractivity (Wildman–Crippen MR) is 120 cm³/mol. The third-order valence-corrected chi connectivity index (χ3v) is 5.52. The molecular weight excluding hydrogens is 436 g/mol. The van der Waals surface area contributed by atoms with E-state index >= 15 is 0 Å². The van der Waals surface area contributed by atoms with Crippen molar-refractivity contribution in [2.75, 3.05) is 30.9 Å².